The Labute approximate surface area is 310 Å². The van der Waals surface area contributed by atoms with Crippen LogP contribution < -0.4 is 4.90 Å². The zero-order valence-electron chi connectivity index (χ0n) is 29.3. The van der Waals surface area contributed by atoms with Crippen molar-refractivity contribution in [1.82, 2.24) is 0 Å². The summed E-state index contributed by atoms with van der Waals surface area (Å²) in [6.07, 6.45) is 20.9. The van der Waals surface area contributed by atoms with Gasteiger partial charge in [-0.05, 0) is 127 Å². The Morgan fingerprint density at radius 1 is 0.566 bits per heavy atom. The quantitative estimate of drug-likeness (QED) is 0.180. The highest BCUT2D eigenvalue weighted by molar-refractivity contribution is 6.02. The van der Waals surface area contributed by atoms with E-state index >= 15 is 0 Å². The maximum Gasteiger partial charge on any atom is 0.0580 e. The lowest BCUT2D eigenvalue weighted by Crippen LogP contribution is -2.35. The van der Waals surface area contributed by atoms with Crippen molar-refractivity contribution in [2.75, 3.05) is 4.90 Å². The van der Waals surface area contributed by atoms with E-state index in [0.717, 1.165) is 18.5 Å². The van der Waals surface area contributed by atoms with E-state index in [0.29, 0.717) is 0 Å². The fourth-order valence-electron chi connectivity index (χ4n) is 10.5. The third kappa shape index (κ3) is 3.92. The van der Waals surface area contributed by atoms with Gasteiger partial charge in [-0.1, -0.05) is 152 Å². The van der Waals surface area contributed by atoms with Crippen LogP contribution >= 0.6 is 0 Å². The second-order valence-corrected chi connectivity index (χ2v) is 15.1. The minimum atomic E-state index is -0.282. The maximum atomic E-state index is 2.54. The predicted octanol–water partition coefficient (Wildman–Crippen LogP) is 12.8. The number of fused-ring (bicyclic) bond motifs is 8. The van der Waals surface area contributed by atoms with Gasteiger partial charge in [0.2, 0.25) is 0 Å². The van der Waals surface area contributed by atoms with Crippen LogP contribution in [0.25, 0.3) is 44.5 Å². The van der Waals surface area contributed by atoms with Gasteiger partial charge in [-0.15, -0.1) is 0 Å². The van der Waals surface area contributed by atoms with Gasteiger partial charge in [0.25, 0.3) is 0 Å². The first-order chi connectivity index (χ1) is 26.3. The minimum absolute atomic E-state index is 0.210. The summed E-state index contributed by atoms with van der Waals surface area (Å²) in [4.78, 5) is 2.51. The summed E-state index contributed by atoms with van der Waals surface area (Å²) in [6.45, 7) is 0. The van der Waals surface area contributed by atoms with Crippen LogP contribution in [-0.4, -0.2) is 0 Å². The average Bonchev–Trinajstić information content (AvgIpc) is 3.66. The summed E-state index contributed by atoms with van der Waals surface area (Å²) in [7, 11) is 0. The molecule has 248 valence electrons. The summed E-state index contributed by atoms with van der Waals surface area (Å²) >= 11 is 0. The minimum Gasteiger partial charge on any atom is -0.311 e. The molecular weight excluding hydrogens is 639 g/mol. The highest BCUT2D eigenvalue weighted by Gasteiger charge is 2.57. The molecule has 0 saturated heterocycles. The van der Waals surface area contributed by atoms with Crippen molar-refractivity contribution in [1.29, 1.82) is 0 Å². The third-order valence-corrected chi connectivity index (χ3v) is 12.6. The van der Waals surface area contributed by atoms with E-state index in [2.05, 4.69) is 187 Å². The van der Waals surface area contributed by atoms with E-state index in [-0.39, 0.29) is 11.3 Å². The lowest BCUT2D eigenvalue weighted by Gasteiger charge is -2.40. The Morgan fingerprint density at radius 3 is 2.11 bits per heavy atom. The van der Waals surface area contributed by atoms with Crippen molar-refractivity contribution < 1.29 is 0 Å². The van der Waals surface area contributed by atoms with Crippen molar-refractivity contribution in [3.8, 4) is 33.4 Å². The topological polar surface area (TPSA) is 3.24 Å². The van der Waals surface area contributed by atoms with E-state index in [4.69, 9.17) is 0 Å². The van der Waals surface area contributed by atoms with Crippen LogP contribution in [0.3, 0.4) is 0 Å². The van der Waals surface area contributed by atoms with Gasteiger partial charge in [0.1, 0.15) is 0 Å². The number of allylic oxidation sites excluding steroid dienone is 11. The van der Waals surface area contributed by atoms with Crippen LogP contribution in [-0.2, 0) is 11.8 Å². The molecule has 1 spiro atoms. The van der Waals surface area contributed by atoms with Gasteiger partial charge in [0.15, 0.2) is 0 Å². The molecule has 12 rings (SSSR count). The fourth-order valence-corrected chi connectivity index (χ4v) is 10.5. The first kappa shape index (κ1) is 29.2. The molecule has 0 aliphatic heterocycles. The van der Waals surface area contributed by atoms with Crippen LogP contribution in [0.4, 0.5) is 11.4 Å². The Hall–Kier alpha value is -6.44. The zero-order valence-corrected chi connectivity index (χ0v) is 29.3. The van der Waals surface area contributed by atoms with Crippen LogP contribution in [0.5, 0.6) is 0 Å². The summed E-state index contributed by atoms with van der Waals surface area (Å²) in [5.41, 5.74) is 23.9. The SMILES string of the molecule is C1=CC2=CC(C=C1)[C@]13c4cc(N(C5=CCC=C6C(=C5)Cc5ccccc56)c5ccc(-c6ccccc6)cc5)ccc4-c4cccc(c41)-c1cccc2c13. The van der Waals surface area contributed by atoms with E-state index in [1.54, 1.807) is 0 Å². The number of hydrogen-bond acceptors (Lipinski definition) is 1. The Kier molecular flexibility index (Phi) is 5.94. The molecule has 6 aromatic carbocycles. The van der Waals surface area contributed by atoms with Gasteiger partial charge in [0, 0.05) is 23.0 Å². The second-order valence-electron chi connectivity index (χ2n) is 15.1. The highest BCUT2D eigenvalue weighted by atomic mass is 15.1. The van der Waals surface area contributed by atoms with Gasteiger partial charge < -0.3 is 4.90 Å². The summed E-state index contributed by atoms with van der Waals surface area (Å²) in [5.74, 6) is 0.210. The zero-order chi connectivity index (χ0) is 34.7. The van der Waals surface area contributed by atoms with E-state index in [9.17, 15) is 0 Å². The van der Waals surface area contributed by atoms with Crippen molar-refractivity contribution in [3.05, 3.63) is 227 Å². The summed E-state index contributed by atoms with van der Waals surface area (Å²) < 4.78 is 0. The molecule has 1 nitrogen and oxygen atoms in total. The van der Waals surface area contributed by atoms with Gasteiger partial charge in [-0.3, -0.25) is 0 Å². The molecule has 0 fully saturated rings. The van der Waals surface area contributed by atoms with Gasteiger partial charge in [0.05, 0.1) is 5.41 Å². The van der Waals surface area contributed by atoms with Gasteiger partial charge >= 0.3 is 0 Å². The smallest absolute Gasteiger partial charge is 0.0580 e. The fraction of sp³-hybridized carbons (Fsp3) is 0.0769. The standard InChI is InChI=1S/C52H35N/c1-2-11-33(12-3-1)34-23-25-39(26-24-34)53(40-16-8-18-43-37(31-40)29-35-13-5-7-17-42(35)43)41-27-28-45-46-20-10-22-48-47-21-9-19-44-36-14-4-6-15-38(30-36)52(50(44)47,51(46)48)49(45)32-41/h1-7,9-28,30-32,38H,8,29H2/t38?,52-/m1/s1. The van der Waals surface area contributed by atoms with Crippen LogP contribution in [0.2, 0.25) is 0 Å². The molecule has 53 heavy (non-hydrogen) atoms. The summed E-state index contributed by atoms with van der Waals surface area (Å²) in [5, 5.41) is 0. The number of anilines is 2. The molecule has 0 radical (unpaired) electrons. The molecule has 6 aliphatic carbocycles. The van der Waals surface area contributed by atoms with Crippen molar-refractivity contribution in [3.63, 3.8) is 0 Å². The molecular formula is C52H35N. The maximum absolute atomic E-state index is 2.54. The number of benzene rings is 6. The molecule has 2 atom stereocenters. The molecule has 1 unspecified atom stereocenters. The first-order valence-electron chi connectivity index (χ1n) is 18.9. The monoisotopic (exact) mass is 673 g/mol. The molecule has 6 aliphatic rings. The van der Waals surface area contributed by atoms with Gasteiger partial charge in [-0.25, -0.2) is 0 Å². The number of rotatable bonds is 4. The van der Waals surface area contributed by atoms with Crippen LogP contribution in [0, 0.1) is 5.92 Å². The predicted molar refractivity (Wildman–Crippen MR) is 220 cm³/mol. The average molecular weight is 674 g/mol. The number of nitrogens with zero attached hydrogens (tertiary/aromatic N) is 1. The molecule has 0 saturated carbocycles. The highest BCUT2D eigenvalue weighted by Crippen LogP contribution is 2.68. The van der Waals surface area contributed by atoms with Crippen LogP contribution in [0.1, 0.15) is 39.8 Å². The van der Waals surface area contributed by atoms with Crippen molar-refractivity contribution >= 4 is 22.5 Å². The molecule has 0 heterocycles. The molecule has 0 aromatic heterocycles. The lowest BCUT2D eigenvalue weighted by atomic mass is 9.61. The Bertz CT molecular complexity index is 2770. The second kappa shape index (κ2) is 10.8. The van der Waals surface area contributed by atoms with Crippen molar-refractivity contribution in [2.24, 2.45) is 5.92 Å². The van der Waals surface area contributed by atoms with E-state index in [1.807, 2.05) is 0 Å². The summed E-state index contributed by atoms with van der Waals surface area (Å²) in [6, 6.07) is 50.1. The molecule has 0 amide bonds. The Morgan fingerprint density at radius 2 is 1.26 bits per heavy atom. The normalized spacial score (nSPS) is 20.1. The third-order valence-electron chi connectivity index (χ3n) is 12.6. The van der Waals surface area contributed by atoms with Crippen molar-refractivity contribution in [2.45, 2.75) is 18.3 Å². The largest absolute Gasteiger partial charge is 0.311 e. The molecule has 1 heteroatoms. The lowest BCUT2D eigenvalue weighted by molar-refractivity contribution is 0.543. The molecule has 2 bridgehead atoms. The van der Waals surface area contributed by atoms with E-state index in [1.165, 1.54) is 94.9 Å². The molecule has 6 aromatic rings. The van der Waals surface area contributed by atoms with Crippen LogP contribution in [0.15, 0.2) is 193 Å². The first-order valence-corrected chi connectivity index (χ1v) is 18.9. The van der Waals surface area contributed by atoms with E-state index < -0.39 is 0 Å². The molecule has 0 N–H and O–H groups in total. The van der Waals surface area contributed by atoms with Gasteiger partial charge in [-0.2, -0.15) is 0 Å². The number of hydrogen-bond donors (Lipinski definition) is 0. The Balaban J connectivity index is 1.07.